The van der Waals surface area contributed by atoms with E-state index >= 15 is 0 Å². The molecular formula is C24H29N5O5S. The monoisotopic (exact) mass is 499 g/mol. The highest BCUT2D eigenvalue weighted by Gasteiger charge is 2.23. The number of aromatic amines is 1. The van der Waals surface area contributed by atoms with Gasteiger partial charge in [-0.15, -0.1) is 0 Å². The Kier molecular flexibility index (Phi) is 9.07. The number of rotatable bonds is 12. The molecule has 0 aliphatic carbocycles. The summed E-state index contributed by atoms with van der Waals surface area (Å²) in [4.78, 5) is 40.5. The van der Waals surface area contributed by atoms with Crippen molar-refractivity contribution in [2.75, 3.05) is 12.0 Å². The van der Waals surface area contributed by atoms with Crippen molar-refractivity contribution < 1.29 is 23.9 Å². The second kappa shape index (κ2) is 12.2. The highest BCUT2D eigenvalue weighted by molar-refractivity contribution is 7.98. The predicted molar refractivity (Wildman–Crippen MR) is 133 cm³/mol. The summed E-state index contributed by atoms with van der Waals surface area (Å²) in [5, 5.41) is 21.8. The Morgan fingerprint density at radius 3 is 2.54 bits per heavy atom. The van der Waals surface area contributed by atoms with Crippen LogP contribution in [0.5, 0.6) is 0 Å². The van der Waals surface area contributed by atoms with Gasteiger partial charge >= 0.3 is 5.97 Å². The number of thioether (sulfide) groups is 1. The fourth-order valence-corrected chi connectivity index (χ4v) is 3.86. The minimum absolute atomic E-state index is 0.0825. The van der Waals surface area contributed by atoms with Gasteiger partial charge in [0, 0.05) is 17.2 Å². The Labute approximate surface area is 207 Å². The zero-order valence-corrected chi connectivity index (χ0v) is 20.6. The quantitative estimate of drug-likeness (QED) is 0.295. The molecule has 10 nitrogen and oxygen atoms in total. The number of aliphatic carboxylic acids is 1. The van der Waals surface area contributed by atoms with E-state index in [4.69, 9.17) is 4.42 Å². The Bertz CT molecular complexity index is 1170. The third-order valence-electron chi connectivity index (χ3n) is 5.49. The summed E-state index contributed by atoms with van der Waals surface area (Å²) >= 11 is 1.50. The summed E-state index contributed by atoms with van der Waals surface area (Å²) in [5.41, 5.74) is 2.27. The van der Waals surface area contributed by atoms with Gasteiger partial charge in [-0.25, -0.2) is 9.78 Å². The number of nitrogens with zero attached hydrogens (tertiary/aromatic N) is 2. The first-order valence-corrected chi connectivity index (χ1v) is 12.7. The minimum Gasteiger partial charge on any atom is -0.480 e. The van der Waals surface area contributed by atoms with E-state index in [1.54, 1.807) is 24.3 Å². The summed E-state index contributed by atoms with van der Waals surface area (Å²) in [6, 6.07) is 7.94. The maximum Gasteiger partial charge on any atom is 0.326 e. The lowest BCUT2D eigenvalue weighted by molar-refractivity contribution is -0.139. The molecular weight excluding hydrogens is 470 g/mol. The summed E-state index contributed by atoms with van der Waals surface area (Å²) < 4.78 is 5.61. The van der Waals surface area contributed by atoms with Crippen molar-refractivity contribution in [3.63, 3.8) is 0 Å². The number of aromatic nitrogens is 3. The van der Waals surface area contributed by atoms with Crippen molar-refractivity contribution in [3.05, 3.63) is 48.0 Å². The molecule has 0 saturated carbocycles. The van der Waals surface area contributed by atoms with Crippen LogP contribution in [0.4, 0.5) is 0 Å². The van der Waals surface area contributed by atoms with Crippen LogP contribution in [0.1, 0.15) is 54.2 Å². The molecule has 186 valence electrons. The molecule has 2 amide bonds. The largest absolute Gasteiger partial charge is 0.480 e. The number of carboxylic acids is 1. The van der Waals surface area contributed by atoms with Crippen LogP contribution in [0.15, 0.2) is 40.9 Å². The van der Waals surface area contributed by atoms with Gasteiger partial charge in [0.05, 0.1) is 11.9 Å². The number of nitrogens with one attached hydrogen (secondary N) is 3. The second-order valence-corrected chi connectivity index (χ2v) is 8.90. The number of oxazole rings is 1. The van der Waals surface area contributed by atoms with Crippen molar-refractivity contribution in [1.82, 2.24) is 25.8 Å². The smallest absolute Gasteiger partial charge is 0.326 e. The molecule has 0 bridgehead atoms. The number of carboxylic acid groups (broad SMARTS) is 1. The number of benzene rings is 1. The lowest BCUT2D eigenvalue weighted by Gasteiger charge is -2.13. The van der Waals surface area contributed by atoms with Gasteiger partial charge in [-0.1, -0.05) is 26.0 Å². The Balaban J connectivity index is 1.73. The Morgan fingerprint density at radius 2 is 1.86 bits per heavy atom. The standard InChI is InChI=1S/C24H29N5O5S/c1-4-16(5-2)26-21(30)19-12-18(28-29-19)14-7-6-8-15(11-14)23-25-13-20(34-23)22(31)27-17(24(32)33)9-10-35-3/h6-8,11-13,16-17H,4-5,9-10H2,1-3H3,(H,26,30)(H,27,31)(H,28,29)(H,32,33). The van der Waals surface area contributed by atoms with Crippen molar-refractivity contribution in [1.29, 1.82) is 0 Å². The molecule has 0 fully saturated rings. The highest BCUT2D eigenvalue weighted by atomic mass is 32.2. The average molecular weight is 500 g/mol. The van der Waals surface area contributed by atoms with Gasteiger partial charge in [-0.3, -0.25) is 14.7 Å². The lowest BCUT2D eigenvalue weighted by atomic mass is 10.1. The van der Waals surface area contributed by atoms with E-state index in [-0.39, 0.29) is 23.6 Å². The Morgan fingerprint density at radius 1 is 1.11 bits per heavy atom. The first kappa shape index (κ1) is 26.0. The van der Waals surface area contributed by atoms with Gasteiger partial charge in [0.25, 0.3) is 11.8 Å². The molecule has 1 atom stereocenters. The van der Waals surface area contributed by atoms with Gasteiger partial charge < -0.3 is 20.2 Å². The van der Waals surface area contributed by atoms with Crippen LogP contribution in [0.3, 0.4) is 0 Å². The zero-order valence-electron chi connectivity index (χ0n) is 19.8. The van der Waals surface area contributed by atoms with Crippen LogP contribution in [0, 0.1) is 0 Å². The molecule has 0 spiro atoms. The number of carbonyl (C=O) groups is 3. The third kappa shape index (κ3) is 6.72. The third-order valence-corrected chi connectivity index (χ3v) is 6.14. The zero-order chi connectivity index (χ0) is 25.4. The molecule has 3 aromatic rings. The van der Waals surface area contributed by atoms with E-state index < -0.39 is 17.9 Å². The maximum absolute atomic E-state index is 12.5. The molecule has 0 aliphatic heterocycles. The van der Waals surface area contributed by atoms with Gasteiger partial charge in [0.1, 0.15) is 11.7 Å². The Hall–Kier alpha value is -3.60. The van der Waals surface area contributed by atoms with E-state index in [1.807, 2.05) is 26.2 Å². The number of amides is 2. The molecule has 0 radical (unpaired) electrons. The predicted octanol–water partition coefficient (Wildman–Crippen LogP) is 3.59. The minimum atomic E-state index is -1.10. The normalized spacial score (nSPS) is 11.9. The van der Waals surface area contributed by atoms with E-state index in [2.05, 4.69) is 25.8 Å². The molecule has 0 aliphatic rings. The van der Waals surface area contributed by atoms with E-state index in [9.17, 15) is 19.5 Å². The van der Waals surface area contributed by atoms with Gasteiger partial charge in [-0.05, 0) is 49.5 Å². The molecule has 35 heavy (non-hydrogen) atoms. The molecule has 2 heterocycles. The lowest BCUT2D eigenvalue weighted by Crippen LogP contribution is -2.41. The van der Waals surface area contributed by atoms with Gasteiger partial charge in [0.2, 0.25) is 11.7 Å². The molecule has 2 aromatic heterocycles. The number of carbonyl (C=O) groups excluding carboxylic acids is 2. The van der Waals surface area contributed by atoms with Crippen LogP contribution in [-0.4, -0.2) is 62.2 Å². The molecule has 3 rings (SSSR count). The highest BCUT2D eigenvalue weighted by Crippen LogP contribution is 2.26. The summed E-state index contributed by atoms with van der Waals surface area (Å²) in [6.45, 7) is 4.04. The van der Waals surface area contributed by atoms with Crippen LogP contribution in [0.25, 0.3) is 22.7 Å². The average Bonchev–Trinajstić information content (AvgIpc) is 3.55. The fraction of sp³-hybridized carbons (Fsp3) is 0.375. The molecule has 0 saturated heterocycles. The summed E-state index contributed by atoms with van der Waals surface area (Å²) in [6.07, 6.45) is 5.11. The summed E-state index contributed by atoms with van der Waals surface area (Å²) in [7, 11) is 0. The first-order chi connectivity index (χ1) is 16.9. The topological polar surface area (TPSA) is 150 Å². The SMILES string of the molecule is CCC(CC)NC(=O)c1cc(-c2cccc(-c3ncc(C(=O)NC(CCSC)C(=O)O)o3)c2)n[nH]1. The van der Waals surface area contributed by atoms with Crippen LogP contribution >= 0.6 is 11.8 Å². The van der Waals surface area contributed by atoms with Gasteiger partial charge in [0.15, 0.2) is 0 Å². The van der Waals surface area contributed by atoms with E-state index in [0.717, 1.165) is 18.4 Å². The molecule has 1 unspecified atom stereocenters. The fourth-order valence-electron chi connectivity index (χ4n) is 3.39. The first-order valence-electron chi connectivity index (χ1n) is 11.3. The molecule has 11 heteroatoms. The number of hydrogen-bond donors (Lipinski definition) is 4. The number of H-pyrrole nitrogens is 1. The maximum atomic E-state index is 12.5. The van der Waals surface area contributed by atoms with Crippen molar-refractivity contribution in [2.45, 2.75) is 45.2 Å². The van der Waals surface area contributed by atoms with Crippen LogP contribution < -0.4 is 10.6 Å². The second-order valence-electron chi connectivity index (χ2n) is 7.91. The van der Waals surface area contributed by atoms with Crippen molar-refractivity contribution in [3.8, 4) is 22.7 Å². The van der Waals surface area contributed by atoms with Crippen molar-refractivity contribution in [2.24, 2.45) is 0 Å². The molecule has 4 N–H and O–H groups in total. The van der Waals surface area contributed by atoms with Crippen molar-refractivity contribution >= 4 is 29.5 Å². The molecule has 1 aromatic carbocycles. The van der Waals surface area contributed by atoms with Gasteiger partial charge in [-0.2, -0.15) is 16.9 Å². The van der Waals surface area contributed by atoms with E-state index in [0.29, 0.717) is 29.1 Å². The van der Waals surface area contributed by atoms with Crippen LogP contribution in [-0.2, 0) is 4.79 Å². The van der Waals surface area contributed by atoms with E-state index in [1.165, 1.54) is 18.0 Å². The summed E-state index contributed by atoms with van der Waals surface area (Å²) in [5.74, 6) is -1.24. The number of hydrogen-bond acceptors (Lipinski definition) is 7. The van der Waals surface area contributed by atoms with Crippen LogP contribution in [0.2, 0.25) is 0 Å².